The predicted octanol–water partition coefficient (Wildman–Crippen LogP) is 5.57. The third-order valence-corrected chi connectivity index (χ3v) is 6.89. The minimum absolute atomic E-state index is 0.0645. The number of hydrogen-bond donors (Lipinski definition) is 1. The number of para-hydroxylation sites is 1. The molecule has 0 spiro atoms. The van der Waals surface area contributed by atoms with E-state index in [4.69, 9.17) is 0 Å². The number of anilines is 1. The number of hydrogen-bond acceptors (Lipinski definition) is 6. The van der Waals surface area contributed by atoms with Gasteiger partial charge in [-0.05, 0) is 42.1 Å². The first-order valence-electron chi connectivity index (χ1n) is 11.3. The molecule has 8 heteroatoms. The molecule has 0 radical (unpaired) electrons. The Balaban J connectivity index is 1.57. The Morgan fingerprint density at radius 1 is 1.03 bits per heavy atom. The van der Waals surface area contributed by atoms with E-state index in [0.717, 1.165) is 43.9 Å². The molecule has 2 aromatic carbocycles. The van der Waals surface area contributed by atoms with Gasteiger partial charge in [0.1, 0.15) is 10.3 Å². The summed E-state index contributed by atoms with van der Waals surface area (Å²) in [4.78, 5) is 23.9. The number of fused-ring (bicyclic) bond motifs is 2. The van der Waals surface area contributed by atoms with Crippen LogP contribution in [0.15, 0.2) is 89.6 Å². The molecule has 35 heavy (non-hydrogen) atoms. The molecule has 6 rings (SSSR count). The van der Waals surface area contributed by atoms with Crippen molar-refractivity contribution >= 4 is 38.1 Å². The lowest BCUT2D eigenvalue weighted by atomic mass is 9.99. The highest BCUT2D eigenvalue weighted by atomic mass is 32.1. The van der Waals surface area contributed by atoms with E-state index in [1.807, 2.05) is 67.8 Å². The van der Waals surface area contributed by atoms with Gasteiger partial charge in [0, 0.05) is 36.4 Å². The zero-order chi connectivity index (χ0) is 23.9. The van der Waals surface area contributed by atoms with Gasteiger partial charge in [0.25, 0.3) is 5.56 Å². The maximum absolute atomic E-state index is 14.2. The molecular formula is C27H22N6OS. The van der Waals surface area contributed by atoms with Crippen LogP contribution in [-0.2, 0) is 7.05 Å². The van der Waals surface area contributed by atoms with Crippen molar-refractivity contribution in [1.82, 2.24) is 24.3 Å². The van der Waals surface area contributed by atoms with Crippen LogP contribution in [0.25, 0.3) is 37.9 Å². The van der Waals surface area contributed by atoms with E-state index in [-0.39, 0.29) is 11.6 Å². The van der Waals surface area contributed by atoms with Gasteiger partial charge in [-0.2, -0.15) is 5.10 Å². The SMILES string of the molecule is C[C@H](Nc1ccnc2scnc12)c1cc2cccc(-c3cnn(C)c3)c2c(=O)n1-c1ccccc1. The van der Waals surface area contributed by atoms with Gasteiger partial charge in [0.05, 0.1) is 28.8 Å². The quantitative estimate of drug-likeness (QED) is 0.351. The van der Waals surface area contributed by atoms with Crippen LogP contribution in [-0.4, -0.2) is 24.3 Å². The first-order valence-corrected chi connectivity index (χ1v) is 12.2. The molecule has 1 N–H and O–H groups in total. The normalized spacial score (nSPS) is 12.3. The summed E-state index contributed by atoms with van der Waals surface area (Å²) in [6.07, 6.45) is 5.50. The molecule has 0 fully saturated rings. The van der Waals surface area contributed by atoms with Gasteiger partial charge in [-0.25, -0.2) is 9.97 Å². The number of benzene rings is 2. The van der Waals surface area contributed by atoms with Crippen LogP contribution in [0.2, 0.25) is 0 Å². The number of pyridine rings is 2. The van der Waals surface area contributed by atoms with Gasteiger partial charge in [0.15, 0.2) is 0 Å². The molecule has 1 atom stereocenters. The number of thiazole rings is 1. The van der Waals surface area contributed by atoms with Gasteiger partial charge in [0.2, 0.25) is 0 Å². The fourth-order valence-corrected chi connectivity index (χ4v) is 5.20. The standard InChI is InChI=1S/C27H22N6OS/c1-17(31-22-11-12-28-26-25(22)29-16-35-26)23-13-18-7-6-10-21(19-14-30-32(2)15-19)24(18)27(34)33(23)20-8-4-3-5-9-20/h3-17H,1-2H3,(H,28,31)/t17-/m0/s1. The summed E-state index contributed by atoms with van der Waals surface area (Å²) in [5.41, 5.74) is 6.91. The molecule has 6 aromatic rings. The molecule has 7 nitrogen and oxygen atoms in total. The average Bonchev–Trinajstić information content (AvgIpc) is 3.53. The Bertz CT molecular complexity index is 1730. The monoisotopic (exact) mass is 478 g/mol. The number of nitrogens with one attached hydrogen (secondary N) is 1. The fraction of sp³-hybridized carbons (Fsp3) is 0.111. The first kappa shape index (κ1) is 21.2. The lowest BCUT2D eigenvalue weighted by Gasteiger charge is -2.22. The summed E-state index contributed by atoms with van der Waals surface area (Å²) >= 11 is 1.51. The van der Waals surface area contributed by atoms with Crippen molar-refractivity contribution < 1.29 is 0 Å². The summed E-state index contributed by atoms with van der Waals surface area (Å²) in [5, 5.41) is 9.44. The van der Waals surface area contributed by atoms with Crippen molar-refractivity contribution in [3.8, 4) is 16.8 Å². The average molecular weight is 479 g/mol. The Labute approximate surface area is 205 Å². The van der Waals surface area contributed by atoms with E-state index in [0.29, 0.717) is 5.39 Å². The second kappa shape index (κ2) is 8.48. The number of aromatic nitrogens is 5. The van der Waals surface area contributed by atoms with Gasteiger partial charge in [-0.15, -0.1) is 11.3 Å². The van der Waals surface area contributed by atoms with Gasteiger partial charge in [-0.1, -0.05) is 36.4 Å². The lowest BCUT2D eigenvalue weighted by Crippen LogP contribution is -2.26. The van der Waals surface area contributed by atoms with E-state index in [2.05, 4.69) is 33.4 Å². The molecule has 4 aromatic heterocycles. The number of aryl methyl sites for hydroxylation is 1. The Morgan fingerprint density at radius 3 is 2.69 bits per heavy atom. The van der Waals surface area contributed by atoms with Crippen molar-refractivity contribution in [2.45, 2.75) is 13.0 Å². The highest BCUT2D eigenvalue weighted by Crippen LogP contribution is 2.31. The number of nitrogens with zero attached hydrogens (tertiary/aromatic N) is 5. The number of rotatable bonds is 5. The van der Waals surface area contributed by atoms with Crippen molar-refractivity contribution in [2.75, 3.05) is 5.32 Å². The summed E-state index contributed by atoms with van der Waals surface area (Å²) in [6.45, 7) is 2.06. The molecular weight excluding hydrogens is 456 g/mol. The van der Waals surface area contributed by atoms with E-state index < -0.39 is 0 Å². The van der Waals surface area contributed by atoms with Crippen LogP contribution >= 0.6 is 11.3 Å². The minimum atomic E-state index is -0.179. The smallest absolute Gasteiger partial charge is 0.263 e. The Kier molecular flexibility index (Phi) is 5.15. The van der Waals surface area contributed by atoms with Crippen molar-refractivity contribution in [3.63, 3.8) is 0 Å². The van der Waals surface area contributed by atoms with E-state index in [1.165, 1.54) is 11.3 Å². The summed E-state index contributed by atoms with van der Waals surface area (Å²) in [6, 6.07) is 19.6. The Hall–Kier alpha value is -4.30. The summed E-state index contributed by atoms with van der Waals surface area (Å²) in [5.74, 6) is 0. The second-order valence-corrected chi connectivity index (χ2v) is 9.28. The topological polar surface area (TPSA) is 77.6 Å². The highest BCUT2D eigenvalue weighted by molar-refractivity contribution is 7.16. The molecule has 4 heterocycles. The van der Waals surface area contributed by atoms with E-state index in [9.17, 15) is 4.79 Å². The molecule has 0 bridgehead atoms. The maximum atomic E-state index is 14.2. The molecule has 0 unspecified atom stereocenters. The predicted molar refractivity (Wildman–Crippen MR) is 141 cm³/mol. The third kappa shape index (κ3) is 3.68. The van der Waals surface area contributed by atoms with E-state index in [1.54, 1.807) is 27.2 Å². The zero-order valence-corrected chi connectivity index (χ0v) is 20.0. The molecule has 0 saturated carbocycles. The minimum Gasteiger partial charge on any atom is -0.375 e. The van der Waals surface area contributed by atoms with Crippen LogP contribution in [0.5, 0.6) is 0 Å². The van der Waals surface area contributed by atoms with Gasteiger partial charge < -0.3 is 5.32 Å². The van der Waals surface area contributed by atoms with Crippen molar-refractivity contribution in [2.24, 2.45) is 7.05 Å². The third-order valence-electron chi connectivity index (χ3n) is 6.16. The molecule has 0 aliphatic carbocycles. The lowest BCUT2D eigenvalue weighted by molar-refractivity contribution is 0.768. The van der Waals surface area contributed by atoms with Crippen molar-refractivity contribution in [3.05, 3.63) is 101 Å². The van der Waals surface area contributed by atoms with Crippen LogP contribution in [0, 0.1) is 0 Å². The molecule has 0 aliphatic heterocycles. The van der Waals surface area contributed by atoms with Crippen LogP contribution in [0.1, 0.15) is 18.7 Å². The largest absolute Gasteiger partial charge is 0.375 e. The van der Waals surface area contributed by atoms with Gasteiger partial charge in [-0.3, -0.25) is 14.0 Å². The van der Waals surface area contributed by atoms with Crippen LogP contribution in [0.3, 0.4) is 0 Å². The first-order chi connectivity index (χ1) is 17.1. The van der Waals surface area contributed by atoms with Crippen LogP contribution in [0.4, 0.5) is 5.69 Å². The van der Waals surface area contributed by atoms with E-state index >= 15 is 0 Å². The Morgan fingerprint density at radius 2 is 1.89 bits per heavy atom. The fourth-order valence-electron chi connectivity index (χ4n) is 4.54. The van der Waals surface area contributed by atoms with Crippen molar-refractivity contribution in [1.29, 1.82) is 0 Å². The van der Waals surface area contributed by atoms with Gasteiger partial charge >= 0.3 is 0 Å². The summed E-state index contributed by atoms with van der Waals surface area (Å²) in [7, 11) is 1.88. The summed E-state index contributed by atoms with van der Waals surface area (Å²) < 4.78 is 3.55. The maximum Gasteiger partial charge on any atom is 0.263 e. The molecule has 0 saturated heterocycles. The second-order valence-electron chi connectivity index (χ2n) is 8.45. The zero-order valence-electron chi connectivity index (χ0n) is 19.2. The highest BCUT2D eigenvalue weighted by Gasteiger charge is 2.20. The molecule has 0 amide bonds. The van der Waals surface area contributed by atoms with Crippen LogP contribution < -0.4 is 10.9 Å². The molecule has 0 aliphatic rings. The molecule has 172 valence electrons.